The highest BCUT2D eigenvalue weighted by Crippen LogP contribution is 2.37. The van der Waals surface area contributed by atoms with Crippen molar-refractivity contribution in [2.24, 2.45) is 5.92 Å². The van der Waals surface area contributed by atoms with E-state index in [0.717, 1.165) is 19.4 Å². The van der Waals surface area contributed by atoms with E-state index >= 15 is 0 Å². The number of halogens is 1. The maximum atomic E-state index is 12.3. The Kier molecular flexibility index (Phi) is 5.61. The van der Waals surface area contributed by atoms with Crippen LogP contribution in [-0.2, 0) is 0 Å². The van der Waals surface area contributed by atoms with Gasteiger partial charge in [-0.15, -0.1) is 0 Å². The predicted octanol–water partition coefficient (Wildman–Crippen LogP) is 3.04. The topological polar surface area (TPSA) is 61.4 Å². The van der Waals surface area contributed by atoms with E-state index in [9.17, 15) is 9.59 Å². The van der Waals surface area contributed by atoms with Gasteiger partial charge in [-0.1, -0.05) is 30.2 Å². The smallest absolute Gasteiger partial charge is 0.317 e. The second-order valence-corrected chi connectivity index (χ2v) is 6.97. The highest BCUT2D eigenvalue weighted by atomic mass is 35.5. The van der Waals surface area contributed by atoms with Crippen molar-refractivity contribution in [1.29, 1.82) is 0 Å². The molecule has 5 nitrogen and oxygen atoms in total. The van der Waals surface area contributed by atoms with Crippen molar-refractivity contribution in [1.82, 2.24) is 15.5 Å². The van der Waals surface area contributed by atoms with Crippen LogP contribution in [0.1, 0.15) is 42.5 Å². The molecule has 2 N–H and O–H groups in total. The van der Waals surface area contributed by atoms with Gasteiger partial charge < -0.3 is 15.5 Å². The lowest BCUT2D eigenvalue weighted by Gasteiger charge is -2.36. The van der Waals surface area contributed by atoms with Gasteiger partial charge in [0.15, 0.2) is 0 Å². The van der Waals surface area contributed by atoms with Gasteiger partial charge in [0.1, 0.15) is 0 Å². The second kappa shape index (κ2) is 7.88. The van der Waals surface area contributed by atoms with Crippen molar-refractivity contribution in [2.75, 3.05) is 19.6 Å². The summed E-state index contributed by atoms with van der Waals surface area (Å²) in [4.78, 5) is 26.4. The number of carbonyl (C=O) groups excluding carboxylic acids is 2. The molecule has 0 bridgehead atoms. The van der Waals surface area contributed by atoms with Crippen molar-refractivity contribution in [3.05, 3.63) is 34.9 Å². The molecular formula is C18H24ClN3O2. The number of amides is 3. The van der Waals surface area contributed by atoms with Crippen LogP contribution in [0.4, 0.5) is 4.79 Å². The molecule has 24 heavy (non-hydrogen) atoms. The van der Waals surface area contributed by atoms with Gasteiger partial charge in [0, 0.05) is 25.7 Å². The summed E-state index contributed by atoms with van der Waals surface area (Å²) in [5.41, 5.74) is 0.454. The van der Waals surface area contributed by atoms with Gasteiger partial charge in [-0.05, 0) is 43.7 Å². The van der Waals surface area contributed by atoms with Crippen LogP contribution >= 0.6 is 11.6 Å². The predicted molar refractivity (Wildman–Crippen MR) is 94.3 cm³/mol. The molecule has 2 fully saturated rings. The first kappa shape index (κ1) is 17.1. The molecule has 3 rings (SSSR count). The summed E-state index contributed by atoms with van der Waals surface area (Å²) in [6.45, 7) is 1.65. The number of nitrogens with zero attached hydrogens (tertiary/aromatic N) is 1. The summed E-state index contributed by atoms with van der Waals surface area (Å²) >= 11 is 6.00. The largest absolute Gasteiger partial charge is 0.350 e. The normalized spacial score (nSPS) is 20.5. The summed E-state index contributed by atoms with van der Waals surface area (Å²) < 4.78 is 0. The minimum absolute atomic E-state index is 0.00334. The minimum atomic E-state index is -0.219. The van der Waals surface area contributed by atoms with E-state index < -0.39 is 0 Å². The average molecular weight is 350 g/mol. The molecule has 1 heterocycles. The van der Waals surface area contributed by atoms with E-state index in [1.165, 1.54) is 19.3 Å². The Hall–Kier alpha value is -1.75. The zero-order valence-corrected chi connectivity index (χ0v) is 14.5. The molecule has 0 unspecified atom stereocenters. The van der Waals surface area contributed by atoms with E-state index in [1.54, 1.807) is 24.3 Å². The third-order valence-corrected chi connectivity index (χ3v) is 5.39. The molecule has 1 aromatic carbocycles. The molecule has 1 saturated carbocycles. The molecule has 1 aliphatic carbocycles. The number of nitrogens with one attached hydrogen (secondary N) is 2. The van der Waals surface area contributed by atoms with Gasteiger partial charge >= 0.3 is 6.03 Å². The van der Waals surface area contributed by atoms with Crippen LogP contribution in [0.5, 0.6) is 0 Å². The van der Waals surface area contributed by atoms with Crippen molar-refractivity contribution in [3.63, 3.8) is 0 Å². The molecule has 0 aromatic heterocycles. The number of carbonyl (C=O) groups is 2. The summed E-state index contributed by atoms with van der Waals surface area (Å²) in [6, 6.07) is 7.34. The molecule has 0 spiro atoms. The Morgan fingerprint density at radius 1 is 1.08 bits per heavy atom. The Labute approximate surface area is 147 Å². The molecule has 1 aromatic rings. The lowest BCUT2D eigenvalue weighted by atomic mass is 9.79. The fourth-order valence-electron chi connectivity index (χ4n) is 3.55. The summed E-state index contributed by atoms with van der Waals surface area (Å²) in [5, 5.41) is 6.13. The second-order valence-electron chi connectivity index (χ2n) is 6.56. The van der Waals surface area contributed by atoms with Crippen molar-refractivity contribution < 1.29 is 9.59 Å². The molecule has 3 amide bonds. The van der Waals surface area contributed by atoms with Crippen molar-refractivity contribution >= 4 is 23.5 Å². The number of hydrogen-bond donors (Lipinski definition) is 2. The molecule has 6 heteroatoms. The van der Waals surface area contributed by atoms with Crippen LogP contribution in [0.25, 0.3) is 0 Å². The van der Waals surface area contributed by atoms with Gasteiger partial charge in [0.2, 0.25) is 0 Å². The zero-order chi connectivity index (χ0) is 16.9. The summed E-state index contributed by atoms with van der Waals surface area (Å²) in [7, 11) is 0. The van der Waals surface area contributed by atoms with Crippen LogP contribution in [-0.4, -0.2) is 42.5 Å². The fourth-order valence-corrected chi connectivity index (χ4v) is 3.77. The first-order chi connectivity index (χ1) is 11.7. The fraction of sp³-hybridized carbons (Fsp3) is 0.556. The highest BCUT2D eigenvalue weighted by Gasteiger charge is 2.37. The molecule has 1 atom stereocenters. The van der Waals surface area contributed by atoms with Gasteiger partial charge in [0.05, 0.1) is 10.6 Å². The lowest BCUT2D eigenvalue weighted by Crippen LogP contribution is -2.48. The quantitative estimate of drug-likeness (QED) is 0.802. The number of benzene rings is 1. The third-order valence-electron chi connectivity index (χ3n) is 5.06. The van der Waals surface area contributed by atoms with Crippen LogP contribution in [0.3, 0.4) is 0 Å². The first-order valence-corrected chi connectivity index (χ1v) is 9.12. The average Bonchev–Trinajstić information content (AvgIpc) is 2.99. The van der Waals surface area contributed by atoms with E-state index in [-0.39, 0.29) is 11.9 Å². The van der Waals surface area contributed by atoms with E-state index in [1.807, 2.05) is 4.90 Å². The van der Waals surface area contributed by atoms with E-state index in [0.29, 0.717) is 35.6 Å². The van der Waals surface area contributed by atoms with Gasteiger partial charge in [0.25, 0.3) is 5.91 Å². The van der Waals surface area contributed by atoms with E-state index in [2.05, 4.69) is 10.6 Å². The van der Waals surface area contributed by atoms with Crippen molar-refractivity contribution in [2.45, 2.75) is 38.1 Å². The highest BCUT2D eigenvalue weighted by molar-refractivity contribution is 6.33. The minimum Gasteiger partial charge on any atom is -0.350 e. The SMILES string of the molecule is O=C(NCCNC(=O)N1CCC[C@H]1C1CCC1)c1ccccc1Cl. The molecule has 0 radical (unpaired) electrons. The van der Waals surface area contributed by atoms with E-state index in [4.69, 9.17) is 11.6 Å². The Balaban J connectivity index is 1.40. The number of urea groups is 1. The van der Waals surface area contributed by atoms with Crippen LogP contribution in [0.15, 0.2) is 24.3 Å². The number of rotatable bonds is 5. The first-order valence-electron chi connectivity index (χ1n) is 8.74. The third kappa shape index (κ3) is 3.83. The standard InChI is InChI=1S/C18H24ClN3O2/c19-15-8-2-1-7-14(15)17(23)20-10-11-21-18(24)22-12-4-9-16(22)13-5-3-6-13/h1-2,7-8,13,16H,3-6,9-12H2,(H,20,23)(H,21,24)/t16-/m0/s1. The van der Waals surface area contributed by atoms with Crippen LogP contribution < -0.4 is 10.6 Å². The molecule has 1 saturated heterocycles. The number of hydrogen-bond acceptors (Lipinski definition) is 2. The molecule has 2 aliphatic rings. The van der Waals surface area contributed by atoms with Crippen LogP contribution in [0.2, 0.25) is 5.02 Å². The Morgan fingerprint density at radius 3 is 2.54 bits per heavy atom. The number of likely N-dealkylation sites (tertiary alicyclic amines) is 1. The monoisotopic (exact) mass is 349 g/mol. The maximum absolute atomic E-state index is 12.3. The van der Waals surface area contributed by atoms with Crippen molar-refractivity contribution in [3.8, 4) is 0 Å². The molecular weight excluding hydrogens is 326 g/mol. The summed E-state index contributed by atoms with van der Waals surface area (Å²) in [6.07, 6.45) is 6.02. The maximum Gasteiger partial charge on any atom is 0.317 e. The molecule has 130 valence electrons. The zero-order valence-electron chi connectivity index (χ0n) is 13.8. The molecule has 1 aliphatic heterocycles. The lowest BCUT2D eigenvalue weighted by molar-refractivity contribution is 0.0953. The summed E-state index contributed by atoms with van der Waals surface area (Å²) in [5.74, 6) is 0.474. The van der Waals surface area contributed by atoms with Gasteiger partial charge in [-0.2, -0.15) is 0 Å². The van der Waals surface area contributed by atoms with Gasteiger partial charge in [-0.25, -0.2) is 4.79 Å². The Morgan fingerprint density at radius 2 is 1.83 bits per heavy atom. The van der Waals surface area contributed by atoms with Gasteiger partial charge in [-0.3, -0.25) is 4.79 Å². The van der Waals surface area contributed by atoms with Crippen LogP contribution in [0, 0.1) is 5.92 Å². The Bertz CT molecular complexity index is 604.